The zero-order chi connectivity index (χ0) is 15.9. The summed E-state index contributed by atoms with van der Waals surface area (Å²) in [5.74, 6) is 3.65. The smallest absolute Gasteiger partial charge is 0.254 e. The molecule has 0 unspecified atom stereocenters. The van der Waals surface area contributed by atoms with Crippen LogP contribution in [0.15, 0.2) is 18.2 Å². The fourth-order valence-electron chi connectivity index (χ4n) is 1.50. The van der Waals surface area contributed by atoms with Gasteiger partial charge in [-0.1, -0.05) is 11.8 Å². The van der Waals surface area contributed by atoms with Crippen molar-refractivity contribution in [2.24, 2.45) is 10.9 Å². The lowest BCUT2D eigenvalue weighted by atomic mass is 10.1. The molecule has 0 radical (unpaired) electrons. The first-order chi connectivity index (χ1) is 9.83. The van der Waals surface area contributed by atoms with Gasteiger partial charge in [-0.2, -0.15) is 0 Å². The van der Waals surface area contributed by atoms with E-state index in [0.29, 0.717) is 5.56 Å². The summed E-state index contributed by atoms with van der Waals surface area (Å²) in [6, 6.07) is 3.96. The third kappa shape index (κ3) is 6.35. The number of benzene rings is 1. The highest BCUT2D eigenvalue weighted by atomic mass is 32.2. The number of hydrogen-bond donors (Lipinski definition) is 3. The van der Waals surface area contributed by atoms with E-state index < -0.39 is 21.7 Å². The maximum atomic E-state index is 13.8. The van der Waals surface area contributed by atoms with Gasteiger partial charge in [0.05, 0.1) is 17.9 Å². The molecule has 0 aliphatic heterocycles. The molecule has 1 aromatic rings. The molecule has 114 valence electrons. The van der Waals surface area contributed by atoms with Crippen LogP contribution in [0.5, 0.6) is 0 Å². The number of hydrogen-bond acceptors (Lipinski definition) is 4. The predicted molar refractivity (Wildman–Crippen MR) is 77.3 cm³/mol. The molecule has 0 aliphatic rings. The number of nitrogens with two attached hydrogens (primary N) is 2. The van der Waals surface area contributed by atoms with E-state index in [9.17, 15) is 17.6 Å². The number of sulfonamides is 1. The molecule has 0 atom stereocenters. The van der Waals surface area contributed by atoms with Crippen LogP contribution in [0.4, 0.5) is 4.39 Å². The molecule has 0 aliphatic carbocycles. The van der Waals surface area contributed by atoms with Crippen molar-refractivity contribution in [3.05, 3.63) is 35.1 Å². The lowest BCUT2D eigenvalue weighted by Crippen LogP contribution is -2.28. The van der Waals surface area contributed by atoms with Crippen LogP contribution in [-0.4, -0.2) is 33.2 Å². The van der Waals surface area contributed by atoms with E-state index in [2.05, 4.69) is 17.2 Å². The van der Waals surface area contributed by atoms with Crippen molar-refractivity contribution in [3.63, 3.8) is 0 Å². The minimum Gasteiger partial charge on any atom is -0.352 e. The van der Waals surface area contributed by atoms with Gasteiger partial charge >= 0.3 is 0 Å². The summed E-state index contributed by atoms with van der Waals surface area (Å²) in [4.78, 5) is 11.7. The zero-order valence-corrected chi connectivity index (χ0v) is 12.0. The molecule has 1 amide bonds. The van der Waals surface area contributed by atoms with Crippen molar-refractivity contribution in [3.8, 4) is 11.8 Å². The maximum Gasteiger partial charge on any atom is 0.254 e. The first-order valence-electron chi connectivity index (χ1n) is 6.10. The lowest BCUT2D eigenvalue weighted by Gasteiger charge is -2.06. The Kier molecular flexibility index (Phi) is 6.30. The summed E-state index contributed by atoms with van der Waals surface area (Å²) in [6.07, 6.45) is 0.159. The second-order valence-corrected chi connectivity index (χ2v) is 5.91. The van der Waals surface area contributed by atoms with Crippen molar-refractivity contribution < 1.29 is 17.6 Å². The average molecular weight is 313 g/mol. The topological polar surface area (TPSA) is 115 Å². The largest absolute Gasteiger partial charge is 0.352 e. The van der Waals surface area contributed by atoms with Gasteiger partial charge in [0.1, 0.15) is 5.82 Å². The molecule has 21 heavy (non-hydrogen) atoms. The number of nitrogens with one attached hydrogen (secondary N) is 1. The second-order valence-electron chi connectivity index (χ2n) is 4.18. The van der Waals surface area contributed by atoms with Crippen LogP contribution in [0.1, 0.15) is 22.3 Å². The molecule has 0 aromatic heterocycles. The first-order valence-corrected chi connectivity index (χ1v) is 7.82. The van der Waals surface area contributed by atoms with Crippen LogP contribution in [0.2, 0.25) is 0 Å². The zero-order valence-electron chi connectivity index (χ0n) is 11.2. The van der Waals surface area contributed by atoms with Crippen molar-refractivity contribution >= 4 is 15.9 Å². The average Bonchev–Trinajstić information content (AvgIpc) is 2.40. The van der Waals surface area contributed by atoms with Gasteiger partial charge in [0.25, 0.3) is 5.91 Å². The van der Waals surface area contributed by atoms with Crippen LogP contribution in [0, 0.1) is 17.7 Å². The number of halogens is 1. The summed E-state index contributed by atoms with van der Waals surface area (Å²) >= 11 is 0. The van der Waals surface area contributed by atoms with Gasteiger partial charge in [0, 0.05) is 12.1 Å². The Hall–Kier alpha value is -1.95. The summed E-state index contributed by atoms with van der Waals surface area (Å²) in [6.45, 7) is 0.247. The Labute approximate surface area is 122 Å². The molecule has 1 aromatic carbocycles. The van der Waals surface area contributed by atoms with E-state index in [1.54, 1.807) is 0 Å². The van der Waals surface area contributed by atoms with Gasteiger partial charge < -0.3 is 11.1 Å². The van der Waals surface area contributed by atoms with E-state index in [0.717, 1.165) is 6.07 Å². The fourth-order valence-corrected chi connectivity index (χ4v) is 2.05. The molecule has 1 rings (SSSR count). The summed E-state index contributed by atoms with van der Waals surface area (Å²) in [7, 11) is -3.56. The molecule has 0 saturated heterocycles. The van der Waals surface area contributed by atoms with Crippen LogP contribution in [0.25, 0.3) is 0 Å². The summed E-state index contributed by atoms with van der Waals surface area (Å²) in [5, 5.41) is 7.24. The van der Waals surface area contributed by atoms with Gasteiger partial charge in [0.2, 0.25) is 10.0 Å². The molecule has 0 spiro atoms. The molecule has 0 bridgehead atoms. The van der Waals surface area contributed by atoms with E-state index in [1.165, 1.54) is 12.1 Å². The molecular formula is C13H16FN3O3S. The number of amides is 1. The lowest BCUT2D eigenvalue weighted by molar-refractivity contribution is 0.0949. The molecule has 6 nitrogen and oxygen atoms in total. The van der Waals surface area contributed by atoms with Gasteiger partial charge in [-0.25, -0.2) is 17.9 Å². The Bertz CT molecular complexity index is 678. The molecular weight excluding hydrogens is 297 g/mol. The maximum absolute atomic E-state index is 13.8. The third-order valence-corrected chi connectivity index (χ3v) is 3.30. The van der Waals surface area contributed by atoms with E-state index in [4.69, 9.17) is 10.9 Å². The third-order valence-electron chi connectivity index (χ3n) is 2.44. The van der Waals surface area contributed by atoms with Crippen LogP contribution in [0.3, 0.4) is 0 Å². The van der Waals surface area contributed by atoms with Crippen molar-refractivity contribution in [2.45, 2.75) is 6.42 Å². The number of carbonyl (C=O) groups excluding carboxylic acids is 1. The first kappa shape index (κ1) is 17.1. The molecule has 0 fully saturated rings. The second kappa shape index (κ2) is 7.73. The van der Waals surface area contributed by atoms with E-state index in [-0.39, 0.29) is 30.8 Å². The Morgan fingerprint density at radius 1 is 1.38 bits per heavy atom. The van der Waals surface area contributed by atoms with Crippen molar-refractivity contribution in [1.29, 1.82) is 0 Å². The normalized spacial score (nSPS) is 10.6. The van der Waals surface area contributed by atoms with E-state index in [1.807, 2.05) is 0 Å². The van der Waals surface area contributed by atoms with Gasteiger partial charge in [-0.05, 0) is 24.6 Å². The van der Waals surface area contributed by atoms with Gasteiger partial charge in [-0.3, -0.25) is 4.79 Å². The monoisotopic (exact) mass is 313 g/mol. The highest BCUT2D eigenvalue weighted by molar-refractivity contribution is 7.89. The fraction of sp³-hybridized carbons (Fsp3) is 0.308. The van der Waals surface area contributed by atoms with Crippen LogP contribution in [-0.2, 0) is 10.0 Å². The standard InChI is InChI=1S/C13H16FN3O3S/c14-12-9-10(3-1-6-15)4-5-11(12)13(18)17-7-2-8-21(16,19)20/h4-5,9H,2,6-8,15H2,(H,17,18)(H2,16,19,20). The Balaban J connectivity index is 2.62. The SMILES string of the molecule is NCC#Cc1ccc(C(=O)NCCCS(N)(=O)=O)c(F)c1. The molecule has 0 saturated carbocycles. The number of primary sulfonamides is 1. The minimum absolute atomic E-state index is 0.0867. The number of carbonyl (C=O) groups is 1. The van der Waals surface area contributed by atoms with Crippen LogP contribution < -0.4 is 16.2 Å². The summed E-state index contributed by atoms with van der Waals surface area (Å²) in [5.41, 5.74) is 5.49. The van der Waals surface area contributed by atoms with E-state index >= 15 is 0 Å². The quantitative estimate of drug-likeness (QED) is 0.504. The Morgan fingerprint density at radius 2 is 2.10 bits per heavy atom. The molecule has 0 heterocycles. The minimum atomic E-state index is -3.56. The summed E-state index contributed by atoms with van der Waals surface area (Å²) < 4.78 is 35.2. The predicted octanol–water partition coefficient (Wildman–Crippen LogP) is -0.456. The van der Waals surface area contributed by atoms with Crippen molar-refractivity contribution in [1.82, 2.24) is 5.32 Å². The number of rotatable bonds is 5. The molecule has 5 N–H and O–H groups in total. The highest BCUT2D eigenvalue weighted by Gasteiger charge is 2.11. The van der Waals surface area contributed by atoms with Crippen molar-refractivity contribution in [2.75, 3.05) is 18.8 Å². The highest BCUT2D eigenvalue weighted by Crippen LogP contribution is 2.09. The van der Waals surface area contributed by atoms with Gasteiger partial charge in [-0.15, -0.1) is 0 Å². The Morgan fingerprint density at radius 3 is 2.67 bits per heavy atom. The molecule has 8 heteroatoms. The van der Waals surface area contributed by atoms with Crippen LogP contribution >= 0.6 is 0 Å². The van der Waals surface area contributed by atoms with Gasteiger partial charge in [0.15, 0.2) is 0 Å².